The number of hydrogen-bond donors (Lipinski definition) is 0. The van der Waals surface area contributed by atoms with E-state index < -0.39 is 0 Å². The second kappa shape index (κ2) is 8.95. The first-order valence-electron chi connectivity index (χ1n) is 10.3. The summed E-state index contributed by atoms with van der Waals surface area (Å²) in [5.41, 5.74) is 2.30. The highest BCUT2D eigenvalue weighted by molar-refractivity contribution is 5.80. The first kappa shape index (κ1) is 19.2. The minimum absolute atomic E-state index is 0.0359. The molecule has 0 bridgehead atoms. The molecule has 1 aliphatic heterocycles. The number of piperazine rings is 1. The van der Waals surface area contributed by atoms with Crippen LogP contribution >= 0.6 is 0 Å². The highest BCUT2D eigenvalue weighted by atomic mass is 16.5. The van der Waals surface area contributed by atoms with Gasteiger partial charge < -0.3 is 14.5 Å². The van der Waals surface area contributed by atoms with Crippen LogP contribution in [0.15, 0.2) is 60.7 Å². The zero-order valence-electron chi connectivity index (χ0n) is 16.9. The van der Waals surface area contributed by atoms with Crippen LogP contribution in [0.25, 0.3) is 10.9 Å². The van der Waals surface area contributed by atoms with Crippen molar-refractivity contribution in [3.8, 4) is 5.75 Å². The molecule has 150 valence electrons. The van der Waals surface area contributed by atoms with Crippen LogP contribution in [0.3, 0.4) is 0 Å². The summed E-state index contributed by atoms with van der Waals surface area (Å²) in [6.45, 7) is 5.18. The molecule has 0 unspecified atom stereocenters. The quantitative estimate of drug-likeness (QED) is 0.641. The number of ether oxygens (including phenoxy) is 1. The molecule has 0 aliphatic carbocycles. The summed E-state index contributed by atoms with van der Waals surface area (Å²) in [6.07, 6.45) is 2.19. The molecule has 1 aliphatic rings. The fourth-order valence-corrected chi connectivity index (χ4v) is 3.69. The van der Waals surface area contributed by atoms with Crippen molar-refractivity contribution in [2.45, 2.75) is 19.8 Å². The Labute approximate surface area is 171 Å². The van der Waals surface area contributed by atoms with Gasteiger partial charge in [-0.05, 0) is 42.3 Å². The van der Waals surface area contributed by atoms with Gasteiger partial charge in [-0.1, -0.05) is 43.7 Å². The highest BCUT2D eigenvalue weighted by Crippen LogP contribution is 2.19. The van der Waals surface area contributed by atoms with E-state index in [0.717, 1.165) is 48.4 Å². The number of pyridine rings is 1. The lowest BCUT2D eigenvalue weighted by Gasteiger charge is -2.35. The van der Waals surface area contributed by atoms with E-state index in [9.17, 15) is 4.79 Å². The smallest absolute Gasteiger partial charge is 0.260 e. The number of hydrogen-bond acceptors (Lipinski definition) is 4. The van der Waals surface area contributed by atoms with E-state index in [1.54, 1.807) is 0 Å². The van der Waals surface area contributed by atoms with Crippen molar-refractivity contribution >= 4 is 22.6 Å². The van der Waals surface area contributed by atoms with Crippen LogP contribution in [-0.4, -0.2) is 48.6 Å². The summed E-state index contributed by atoms with van der Waals surface area (Å²) in [5.74, 6) is 1.75. The maximum absolute atomic E-state index is 12.5. The van der Waals surface area contributed by atoms with E-state index >= 15 is 0 Å². The van der Waals surface area contributed by atoms with Gasteiger partial charge in [0.1, 0.15) is 11.6 Å². The van der Waals surface area contributed by atoms with Gasteiger partial charge in [-0.2, -0.15) is 0 Å². The Morgan fingerprint density at radius 3 is 2.48 bits per heavy atom. The number of nitrogens with zero attached hydrogens (tertiary/aromatic N) is 3. The van der Waals surface area contributed by atoms with E-state index in [1.807, 2.05) is 35.2 Å². The SMILES string of the molecule is CCCc1ccc(OCC(=O)N2CCN(c3ccc4ccccc4n3)CC2)cc1. The van der Waals surface area contributed by atoms with Gasteiger partial charge >= 0.3 is 0 Å². The zero-order chi connectivity index (χ0) is 20.1. The topological polar surface area (TPSA) is 45.7 Å². The van der Waals surface area contributed by atoms with Gasteiger partial charge in [0.2, 0.25) is 0 Å². The molecule has 4 rings (SSSR count). The Balaban J connectivity index is 1.28. The Hall–Kier alpha value is -3.08. The number of aromatic nitrogens is 1. The molecule has 0 saturated carbocycles. The van der Waals surface area contributed by atoms with Gasteiger partial charge in [0.25, 0.3) is 5.91 Å². The van der Waals surface area contributed by atoms with E-state index in [2.05, 4.69) is 42.2 Å². The van der Waals surface area contributed by atoms with Crippen LogP contribution in [0.4, 0.5) is 5.82 Å². The van der Waals surface area contributed by atoms with Gasteiger partial charge in [-0.25, -0.2) is 4.98 Å². The van der Waals surface area contributed by atoms with Crippen molar-refractivity contribution in [2.75, 3.05) is 37.7 Å². The minimum Gasteiger partial charge on any atom is -0.484 e. The minimum atomic E-state index is 0.0359. The molecule has 0 N–H and O–H groups in total. The Bertz CT molecular complexity index is 963. The number of benzene rings is 2. The Kier molecular flexibility index (Phi) is 5.94. The number of carbonyl (C=O) groups is 1. The maximum Gasteiger partial charge on any atom is 0.260 e. The molecule has 5 nitrogen and oxygen atoms in total. The molecule has 1 aromatic heterocycles. The molecule has 0 spiro atoms. The van der Waals surface area contributed by atoms with Crippen molar-refractivity contribution in [2.24, 2.45) is 0 Å². The van der Waals surface area contributed by atoms with Crippen molar-refractivity contribution in [1.29, 1.82) is 0 Å². The van der Waals surface area contributed by atoms with E-state index in [4.69, 9.17) is 9.72 Å². The number of para-hydroxylation sites is 1. The molecular formula is C24H27N3O2. The summed E-state index contributed by atoms with van der Waals surface area (Å²) < 4.78 is 5.70. The maximum atomic E-state index is 12.5. The molecule has 0 atom stereocenters. The fraction of sp³-hybridized carbons (Fsp3) is 0.333. The standard InChI is InChI=1S/C24H27N3O2/c1-2-5-19-8-11-21(12-9-19)29-18-24(28)27-16-14-26(15-17-27)23-13-10-20-6-3-4-7-22(20)25-23/h3-4,6-13H,2,5,14-18H2,1H3. The number of rotatable bonds is 6. The Morgan fingerprint density at radius 2 is 1.72 bits per heavy atom. The lowest BCUT2D eigenvalue weighted by molar-refractivity contribution is -0.133. The molecule has 0 radical (unpaired) electrons. The largest absolute Gasteiger partial charge is 0.484 e. The molecule has 3 aromatic rings. The second-order valence-electron chi connectivity index (χ2n) is 7.41. The van der Waals surface area contributed by atoms with E-state index in [0.29, 0.717) is 13.1 Å². The second-order valence-corrected chi connectivity index (χ2v) is 7.41. The van der Waals surface area contributed by atoms with Crippen LogP contribution in [-0.2, 0) is 11.2 Å². The Morgan fingerprint density at radius 1 is 0.966 bits per heavy atom. The average Bonchev–Trinajstić information content (AvgIpc) is 2.78. The fourth-order valence-electron chi connectivity index (χ4n) is 3.69. The van der Waals surface area contributed by atoms with Gasteiger partial charge in [0.15, 0.2) is 6.61 Å². The summed E-state index contributed by atoms with van der Waals surface area (Å²) >= 11 is 0. The van der Waals surface area contributed by atoms with Crippen LogP contribution < -0.4 is 9.64 Å². The molecule has 29 heavy (non-hydrogen) atoms. The van der Waals surface area contributed by atoms with Gasteiger partial charge in [0, 0.05) is 31.6 Å². The highest BCUT2D eigenvalue weighted by Gasteiger charge is 2.22. The lowest BCUT2D eigenvalue weighted by atomic mass is 10.1. The molecule has 1 saturated heterocycles. The average molecular weight is 389 g/mol. The number of anilines is 1. The summed E-state index contributed by atoms with van der Waals surface area (Å²) in [5, 5.41) is 1.14. The third-order valence-electron chi connectivity index (χ3n) is 5.36. The number of amides is 1. The van der Waals surface area contributed by atoms with Gasteiger partial charge in [0.05, 0.1) is 5.52 Å². The third-order valence-corrected chi connectivity index (χ3v) is 5.36. The van der Waals surface area contributed by atoms with E-state index in [-0.39, 0.29) is 12.5 Å². The molecule has 1 fully saturated rings. The predicted octanol–water partition coefficient (Wildman–Crippen LogP) is 3.91. The van der Waals surface area contributed by atoms with Crippen molar-refractivity contribution in [3.63, 3.8) is 0 Å². The van der Waals surface area contributed by atoms with Crippen molar-refractivity contribution < 1.29 is 9.53 Å². The van der Waals surface area contributed by atoms with E-state index in [1.165, 1.54) is 5.56 Å². The summed E-state index contributed by atoms with van der Waals surface area (Å²) in [7, 11) is 0. The van der Waals surface area contributed by atoms with Crippen molar-refractivity contribution in [3.05, 3.63) is 66.2 Å². The van der Waals surface area contributed by atoms with Gasteiger partial charge in [-0.3, -0.25) is 4.79 Å². The first-order valence-corrected chi connectivity index (χ1v) is 10.3. The first-order chi connectivity index (χ1) is 14.2. The third kappa shape index (κ3) is 4.67. The van der Waals surface area contributed by atoms with Crippen LogP contribution in [0, 0.1) is 0 Å². The lowest BCUT2D eigenvalue weighted by Crippen LogP contribution is -2.50. The number of carbonyl (C=O) groups excluding carboxylic acids is 1. The van der Waals surface area contributed by atoms with Crippen LogP contribution in [0.2, 0.25) is 0 Å². The normalized spacial score (nSPS) is 14.2. The molecule has 5 heteroatoms. The predicted molar refractivity (Wildman–Crippen MR) is 116 cm³/mol. The summed E-state index contributed by atoms with van der Waals surface area (Å²) in [4.78, 5) is 21.4. The zero-order valence-corrected chi connectivity index (χ0v) is 16.9. The molecule has 2 aromatic carbocycles. The molecular weight excluding hydrogens is 362 g/mol. The molecule has 2 heterocycles. The number of fused-ring (bicyclic) bond motifs is 1. The van der Waals surface area contributed by atoms with Crippen LogP contribution in [0.5, 0.6) is 5.75 Å². The summed E-state index contributed by atoms with van der Waals surface area (Å²) in [6, 6.07) is 20.3. The molecule has 1 amide bonds. The van der Waals surface area contributed by atoms with Crippen molar-refractivity contribution in [1.82, 2.24) is 9.88 Å². The van der Waals surface area contributed by atoms with Crippen LogP contribution in [0.1, 0.15) is 18.9 Å². The van der Waals surface area contributed by atoms with Gasteiger partial charge in [-0.15, -0.1) is 0 Å². The number of aryl methyl sites for hydroxylation is 1. The monoisotopic (exact) mass is 389 g/mol.